The summed E-state index contributed by atoms with van der Waals surface area (Å²) in [4.78, 5) is 25.5. The Morgan fingerprint density at radius 2 is 2.00 bits per heavy atom. The second-order valence-corrected chi connectivity index (χ2v) is 6.14. The molecule has 120 valence electrons. The van der Waals surface area contributed by atoms with Gasteiger partial charge in [0.15, 0.2) is 0 Å². The second-order valence-electron chi connectivity index (χ2n) is 6.14. The van der Waals surface area contributed by atoms with Gasteiger partial charge in [0.25, 0.3) is 0 Å². The molecule has 1 aliphatic rings. The molecule has 0 spiro atoms. The van der Waals surface area contributed by atoms with E-state index in [0.717, 1.165) is 12.0 Å². The van der Waals surface area contributed by atoms with Gasteiger partial charge in [-0.1, -0.05) is 26.0 Å². The van der Waals surface area contributed by atoms with Crippen LogP contribution in [0.5, 0.6) is 5.75 Å². The van der Waals surface area contributed by atoms with Crippen LogP contribution in [0.25, 0.3) is 0 Å². The van der Waals surface area contributed by atoms with Gasteiger partial charge in [0.1, 0.15) is 5.75 Å². The first-order valence-corrected chi connectivity index (χ1v) is 7.60. The molecular weight excluding hydrogens is 282 g/mol. The summed E-state index contributed by atoms with van der Waals surface area (Å²) in [6.45, 7) is 4.78. The van der Waals surface area contributed by atoms with Gasteiger partial charge in [0, 0.05) is 13.0 Å². The molecular formula is C17H23NO4. The molecule has 1 saturated heterocycles. The van der Waals surface area contributed by atoms with E-state index >= 15 is 0 Å². The third kappa shape index (κ3) is 3.40. The summed E-state index contributed by atoms with van der Waals surface area (Å²) < 4.78 is 5.14. The van der Waals surface area contributed by atoms with Gasteiger partial charge in [-0.25, -0.2) is 0 Å². The van der Waals surface area contributed by atoms with Crippen LogP contribution < -0.4 is 4.74 Å². The fourth-order valence-electron chi connectivity index (χ4n) is 2.89. The normalized spacial score (nSPS) is 21.5. The van der Waals surface area contributed by atoms with Crippen LogP contribution in [0.1, 0.15) is 38.3 Å². The largest absolute Gasteiger partial charge is 0.497 e. The lowest BCUT2D eigenvalue weighted by atomic mass is 9.93. The molecule has 2 unspecified atom stereocenters. The van der Waals surface area contributed by atoms with Gasteiger partial charge in [-0.3, -0.25) is 9.59 Å². The summed E-state index contributed by atoms with van der Waals surface area (Å²) in [5.41, 5.74) is 0.850. The van der Waals surface area contributed by atoms with E-state index in [4.69, 9.17) is 4.74 Å². The molecule has 2 rings (SSSR count). The zero-order valence-corrected chi connectivity index (χ0v) is 13.3. The number of ether oxygens (including phenoxy) is 1. The molecule has 0 bridgehead atoms. The highest BCUT2D eigenvalue weighted by Crippen LogP contribution is 2.39. The van der Waals surface area contributed by atoms with Crippen molar-refractivity contribution in [3.8, 4) is 5.75 Å². The van der Waals surface area contributed by atoms with Gasteiger partial charge in [-0.2, -0.15) is 0 Å². The maximum atomic E-state index is 12.2. The Balaban J connectivity index is 2.29. The van der Waals surface area contributed by atoms with E-state index in [1.807, 2.05) is 12.1 Å². The quantitative estimate of drug-likeness (QED) is 0.877. The molecule has 5 nitrogen and oxygen atoms in total. The molecule has 1 fully saturated rings. The molecule has 1 aliphatic heterocycles. The minimum atomic E-state index is -0.916. The predicted octanol–water partition coefficient (Wildman–Crippen LogP) is 2.72. The van der Waals surface area contributed by atoms with E-state index in [1.54, 1.807) is 24.1 Å². The minimum absolute atomic E-state index is 0.0735. The Bertz CT molecular complexity index is 538. The topological polar surface area (TPSA) is 66.8 Å². The van der Waals surface area contributed by atoms with Crippen LogP contribution in [-0.4, -0.2) is 35.5 Å². The summed E-state index contributed by atoms with van der Waals surface area (Å²) in [6, 6.07) is 6.91. The molecule has 1 heterocycles. The number of likely N-dealkylation sites (tertiary alicyclic amines) is 1. The number of amides is 1. The molecule has 22 heavy (non-hydrogen) atoms. The van der Waals surface area contributed by atoms with E-state index in [2.05, 4.69) is 13.8 Å². The highest BCUT2D eigenvalue weighted by Gasteiger charge is 2.44. The zero-order chi connectivity index (χ0) is 16.3. The summed E-state index contributed by atoms with van der Waals surface area (Å²) in [5.74, 6) is -0.495. The first-order chi connectivity index (χ1) is 10.4. The number of carboxylic acid groups (broad SMARTS) is 1. The van der Waals surface area contributed by atoms with Crippen molar-refractivity contribution in [2.75, 3.05) is 13.7 Å². The maximum Gasteiger partial charge on any atom is 0.309 e. The number of benzene rings is 1. The van der Waals surface area contributed by atoms with Crippen molar-refractivity contribution in [3.05, 3.63) is 29.8 Å². The minimum Gasteiger partial charge on any atom is -0.497 e. The molecule has 2 atom stereocenters. The third-order valence-corrected chi connectivity index (χ3v) is 4.15. The first-order valence-electron chi connectivity index (χ1n) is 7.60. The Kier molecular flexibility index (Phi) is 5.06. The molecule has 1 aromatic carbocycles. The first kappa shape index (κ1) is 16.3. The fourth-order valence-corrected chi connectivity index (χ4v) is 2.89. The lowest BCUT2D eigenvalue weighted by Crippen LogP contribution is -2.32. The molecule has 0 aromatic heterocycles. The van der Waals surface area contributed by atoms with Crippen LogP contribution >= 0.6 is 0 Å². The van der Waals surface area contributed by atoms with Gasteiger partial charge >= 0.3 is 5.97 Å². The number of methoxy groups -OCH3 is 1. The van der Waals surface area contributed by atoms with Gasteiger partial charge < -0.3 is 14.7 Å². The monoisotopic (exact) mass is 305 g/mol. The van der Waals surface area contributed by atoms with Gasteiger partial charge in [0.2, 0.25) is 5.91 Å². The Labute approximate surface area is 130 Å². The summed E-state index contributed by atoms with van der Waals surface area (Å²) >= 11 is 0. The molecule has 1 aromatic rings. The van der Waals surface area contributed by atoms with Gasteiger partial charge in [0.05, 0.1) is 19.1 Å². The summed E-state index contributed by atoms with van der Waals surface area (Å²) in [6.07, 6.45) is 0.939. The van der Waals surface area contributed by atoms with Gasteiger partial charge in [-0.05, 0) is 30.0 Å². The van der Waals surface area contributed by atoms with E-state index in [-0.39, 0.29) is 12.3 Å². The van der Waals surface area contributed by atoms with Crippen molar-refractivity contribution in [1.29, 1.82) is 0 Å². The molecule has 0 aliphatic carbocycles. The number of carboxylic acids is 1. The number of hydrogen-bond donors (Lipinski definition) is 1. The molecule has 1 N–H and O–H groups in total. The number of carbonyl (C=O) groups excluding carboxylic acids is 1. The van der Waals surface area contributed by atoms with Crippen molar-refractivity contribution >= 4 is 11.9 Å². The average Bonchev–Trinajstić information content (AvgIpc) is 2.82. The summed E-state index contributed by atoms with van der Waals surface area (Å²) in [7, 11) is 1.59. The summed E-state index contributed by atoms with van der Waals surface area (Å²) in [5, 5.41) is 9.46. The second kappa shape index (κ2) is 6.81. The lowest BCUT2D eigenvalue weighted by Gasteiger charge is -2.28. The van der Waals surface area contributed by atoms with Crippen LogP contribution in [0.15, 0.2) is 24.3 Å². The van der Waals surface area contributed by atoms with Crippen molar-refractivity contribution in [3.63, 3.8) is 0 Å². The fraction of sp³-hybridized carbons (Fsp3) is 0.529. The molecule has 0 saturated carbocycles. The zero-order valence-electron chi connectivity index (χ0n) is 13.3. The van der Waals surface area contributed by atoms with Crippen molar-refractivity contribution < 1.29 is 19.4 Å². The predicted molar refractivity (Wildman–Crippen MR) is 82.6 cm³/mol. The third-order valence-electron chi connectivity index (χ3n) is 4.15. The van der Waals surface area contributed by atoms with Crippen LogP contribution in [0.2, 0.25) is 0 Å². The van der Waals surface area contributed by atoms with Crippen LogP contribution in [0.4, 0.5) is 0 Å². The molecule has 1 amide bonds. The number of hydrogen-bond acceptors (Lipinski definition) is 3. The highest BCUT2D eigenvalue weighted by atomic mass is 16.5. The highest BCUT2D eigenvalue weighted by molar-refractivity contribution is 5.87. The van der Waals surface area contributed by atoms with E-state index in [1.165, 1.54) is 0 Å². The molecule has 5 heteroatoms. The lowest BCUT2D eigenvalue weighted by molar-refractivity contribution is -0.142. The van der Waals surface area contributed by atoms with E-state index in [0.29, 0.717) is 18.2 Å². The van der Waals surface area contributed by atoms with Crippen molar-refractivity contribution in [1.82, 2.24) is 4.90 Å². The van der Waals surface area contributed by atoms with Gasteiger partial charge in [-0.15, -0.1) is 0 Å². The van der Waals surface area contributed by atoms with Crippen molar-refractivity contribution in [2.24, 2.45) is 11.8 Å². The van der Waals surface area contributed by atoms with Crippen molar-refractivity contribution in [2.45, 2.75) is 32.7 Å². The number of nitrogens with zero attached hydrogens (tertiary/aromatic N) is 1. The Hall–Kier alpha value is -2.04. The van der Waals surface area contributed by atoms with Crippen LogP contribution in [-0.2, 0) is 9.59 Å². The van der Waals surface area contributed by atoms with Crippen LogP contribution in [0, 0.1) is 11.8 Å². The SMILES string of the molecule is COc1ccc(C2C(C(=O)O)CC(=O)N2CCC(C)C)cc1. The van der Waals surface area contributed by atoms with Crippen LogP contribution in [0.3, 0.4) is 0 Å². The maximum absolute atomic E-state index is 12.2. The average molecular weight is 305 g/mol. The Morgan fingerprint density at radius 3 is 2.50 bits per heavy atom. The standard InChI is InChI=1S/C17H23NO4/c1-11(2)8-9-18-15(19)10-14(17(20)21)16(18)12-4-6-13(22-3)7-5-12/h4-7,11,14,16H,8-10H2,1-3H3,(H,20,21). The van der Waals surface area contributed by atoms with E-state index < -0.39 is 17.9 Å². The number of carbonyl (C=O) groups is 2. The van der Waals surface area contributed by atoms with E-state index in [9.17, 15) is 14.7 Å². The molecule has 0 radical (unpaired) electrons. The number of rotatable bonds is 6. The Morgan fingerprint density at radius 1 is 1.36 bits per heavy atom. The number of aliphatic carboxylic acids is 1. The smallest absolute Gasteiger partial charge is 0.309 e.